The van der Waals surface area contributed by atoms with Gasteiger partial charge >= 0.3 is 0 Å². The molecule has 20 heavy (non-hydrogen) atoms. The van der Waals surface area contributed by atoms with Gasteiger partial charge in [-0.2, -0.15) is 5.10 Å². The van der Waals surface area contributed by atoms with Crippen molar-refractivity contribution in [2.75, 3.05) is 0 Å². The number of aryl methyl sites for hydroxylation is 2. The number of ether oxygens (including phenoxy) is 1. The van der Waals surface area contributed by atoms with Crippen LogP contribution in [0.15, 0.2) is 41.4 Å². The Balaban J connectivity index is 1.77. The van der Waals surface area contributed by atoms with E-state index in [9.17, 15) is 0 Å². The molecule has 0 atom stereocenters. The van der Waals surface area contributed by atoms with E-state index < -0.39 is 0 Å². The molecule has 0 aliphatic carbocycles. The predicted molar refractivity (Wildman–Crippen MR) is 71.7 cm³/mol. The number of rotatable bonds is 4. The molecule has 0 N–H and O–H groups in total. The predicted octanol–water partition coefficient (Wildman–Crippen LogP) is 2.45. The number of benzene rings is 1. The Morgan fingerprint density at radius 3 is 2.90 bits per heavy atom. The summed E-state index contributed by atoms with van der Waals surface area (Å²) in [6.07, 6.45) is 3.14. The fourth-order valence-corrected chi connectivity index (χ4v) is 1.92. The van der Waals surface area contributed by atoms with Gasteiger partial charge in [0.1, 0.15) is 30.8 Å². The third-order valence-corrected chi connectivity index (χ3v) is 3.07. The largest absolute Gasteiger partial charge is 0.489 e. The minimum atomic E-state index is 0.433. The second-order valence-electron chi connectivity index (χ2n) is 4.43. The van der Waals surface area contributed by atoms with E-state index in [1.165, 1.54) is 6.33 Å². The van der Waals surface area contributed by atoms with Crippen molar-refractivity contribution < 1.29 is 9.26 Å². The Morgan fingerprint density at radius 2 is 2.20 bits per heavy atom. The first kappa shape index (κ1) is 12.4. The molecule has 0 radical (unpaired) electrons. The average Bonchev–Trinajstić information content (AvgIpc) is 3.09. The maximum atomic E-state index is 5.79. The zero-order valence-electron chi connectivity index (χ0n) is 11.3. The molecule has 1 aromatic carbocycles. The smallest absolute Gasteiger partial charge is 0.140 e. The second-order valence-corrected chi connectivity index (χ2v) is 4.43. The van der Waals surface area contributed by atoms with Crippen LogP contribution in [0.4, 0.5) is 0 Å². The van der Waals surface area contributed by atoms with E-state index in [0.29, 0.717) is 6.61 Å². The number of hydrogen-bond donors (Lipinski definition) is 0. The van der Waals surface area contributed by atoms with E-state index in [4.69, 9.17) is 9.26 Å². The summed E-state index contributed by atoms with van der Waals surface area (Å²) in [4.78, 5) is 3.93. The number of aromatic nitrogens is 4. The van der Waals surface area contributed by atoms with Crippen molar-refractivity contribution in [1.82, 2.24) is 19.9 Å². The lowest BCUT2D eigenvalue weighted by Gasteiger charge is -2.07. The van der Waals surface area contributed by atoms with Gasteiger partial charge in [0, 0.05) is 6.07 Å². The van der Waals surface area contributed by atoms with E-state index in [0.717, 1.165) is 28.5 Å². The van der Waals surface area contributed by atoms with Crippen LogP contribution in [-0.4, -0.2) is 19.9 Å². The van der Waals surface area contributed by atoms with Crippen molar-refractivity contribution in [3.8, 4) is 11.4 Å². The third kappa shape index (κ3) is 2.40. The summed E-state index contributed by atoms with van der Waals surface area (Å²) in [5, 5.41) is 8.00. The van der Waals surface area contributed by atoms with Crippen LogP contribution < -0.4 is 4.74 Å². The zero-order valence-corrected chi connectivity index (χ0v) is 11.3. The van der Waals surface area contributed by atoms with E-state index in [-0.39, 0.29) is 0 Å². The van der Waals surface area contributed by atoms with Crippen molar-refractivity contribution in [1.29, 1.82) is 0 Å². The van der Waals surface area contributed by atoms with Crippen LogP contribution in [0.3, 0.4) is 0 Å². The first-order valence-corrected chi connectivity index (χ1v) is 6.23. The third-order valence-electron chi connectivity index (χ3n) is 3.07. The van der Waals surface area contributed by atoms with E-state index >= 15 is 0 Å². The second kappa shape index (κ2) is 5.16. The van der Waals surface area contributed by atoms with Crippen molar-refractivity contribution in [2.24, 2.45) is 0 Å². The SMILES string of the molecule is Cc1noc(C)c1COc1cccc(-n2cncn2)c1. The number of nitrogens with zero attached hydrogens (tertiary/aromatic N) is 4. The van der Waals surface area contributed by atoms with Crippen LogP contribution in [0.2, 0.25) is 0 Å². The molecule has 3 aromatic rings. The standard InChI is InChI=1S/C14H14N4O2/c1-10-14(11(2)20-17-10)7-19-13-5-3-4-12(6-13)18-9-15-8-16-18/h3-6,8-9H,7H2,1-2H3. The fourth-order valence-electron chi connectivity index (χ4n) is 1.92. The van der Waals surface area contributed by atoms with Gasteiger partial charge in [0.05, 0.1) is 16.9 Å². The molecule has 0 amide bonds. The van der Waals surface area contributed by atoms with Gasteiger partial charge < -0.3 is 9.26 Å². The molecule has 102 valence electrons. The molecule has 6 heteroatoms. The van der Waals surface area contributed by atoms with Crippen LogP contribution in [-0.2, 0) is 6.61 Å². The highest BCUT2D eigenvalue weighted by atomic mass is 16.5. The molecule has 0 fully saturated rings. The molecular formula is C14H14N4O2. The van der Waals surface area contributed by atoms with E-state index in [1.807, 2.05) is 38.1 Å². The van der Waals surface area contributed by atoms with Crippen LogP contribution in [0.25, 0.3) is 5.69 Å². The zero-order chi connectivity index (χ0) is 13.9. The monoisotopic (exact) mass is 270 g/mol. The van der Waals surface area contributed by atoms with Gasteiger partial charge in [0.2, 0.25) is 0 Å². The highest BCUT2D eigenvalue weighted by Crippen LogP contribution is 2.19. The lowest BCUT2D eigenvalue weighted by molar-refractivity contribution is 0.301. The summed E-state index contributed by atoms with van der Waals surface area (Å²) in [5.74, 6) is 1.55. The van der Waals surface area contributed by atoms with Crippen LogP contribution >= 0.6 is 0 Å². The minimum Gasteiger partial charge on any atom is -0.489 e. The van der Waals surface area contributed by atoms with Crippen LogP contribution in [0.1, 0.15) is 17.0 Å². The highest BCUT2D eigenvalue weighted by molar-refractivity contribution is 5.38. The molecule has 6 nitrogen and oxygen atoms in total. The summed E-state index contributed by atoms with van der Waals surface area (Å²) in [5.41, 5.74) is 2.74. The van der Waals surface area contributed by atoms with Gasteiger partial charge in [-0.15, -0.1) is 0 Å². The van der Waals surface area contributed by atoms with Gasteiger partial charge in [-0.1, -0.05) is 11.2 Å². The summed E-state index contributed by atoms with van der Waals surface area (Å²) >= 11 is 0. The van der Waals surface area contributed by atoms with E-state index in [1.54, 1.807) is 11.0 Å². The summed E-state index contributed by atoms with van der Waals surface area (Å²) in [6.45, 7) is 4.22. The van der Waals surface area contributed by atoms with Gasteiger partial charge in [-0.3, -0.25) is 0 Å². The molecule has 0 unspecified atom stereocenters. The molecule has 0 aliphatic heterocycles. The molecule has 0 saturated heterocycles. The molecule has 0 bridgehead atoms. The van der Waals surface area contributed by atoms with Gasteiger partial charge in [-0.25, -0.2) is 9.67 Å². The van der Waals surface area contributed by atoms with Crippen LogP contribution in [0.5, 0.6) is 5.75 Å². The maximum absolute atomic E-state index is 5.79. The first-order chi connectivity index (χ1) is 9.74. The topological polar surface area (TPSA) is 66.0 Å². The fraction of sp³-hybridized carbons (Fsp3) is 0.214. The average molecular weight is 270 g/mol. The molecule has 0 aliphatic rings. The van der Waals surface area contributed by atoms with E-state index in [2.05, 4.69) is 15.2 Å². The first-order valence-electron chi connectivity index (χ1n) is 6.23. The Bertz CT molecular complexity index is 684. The molecule has 2 heterocycles. The maximum Gasteiger partial charge on any atom is 0.140 e. The van der Waals surface area contributed by atoms with Gasteiger partial charge in [0.25, 0.3) is 0 Å². The molecule has 3 rings (SSSR count). The lowest BCUT2D eigenvalue weighted by Crippen LogP contribution is -1.99. The minimum absolute atomic E-state index is 0.433. The van der Waals surface area contributed by atoms with Crippen molar-refractivity contribution in [3.05, 3.63) is 53.9 Å². The van der Waals surface area contributed by atoms with Crippen molar-refractivity contribution in [2.45, 2.75) is 20.5 Å². The van der Waals surface area contributed by atoms with Crippen molar-refractivity contribution in [3.63, 3.8) is 0 Å². The Morgan fingerprint density at radius 1 is 1.30 bits per heavy atom. The Labute approximate surface area is 116 Å². The van der Waals surface area contributed by atoms with Crippen LogP contribution in [0, 0.1) is 13.8 Å². The molecule has 0 spiro atoms. The van der Waals surface area contributed by atoms with Crippen molar-refractivity contribution >= 4 is 0 Å². The highest BCUT2D eigenvalue weighted by Gasteiger charge is 2.09. The van der Waals surface area contributed by atoms with Gasteiger partial charge in [0.15, 0.2) is 0 Å². The normalized spacial score (nSPS) is 10.7. The summed E-state index contributed by atoms with van der Waals surface area (Å²) in [7, 11) is 0. The van der Waals surface area contributed by atoms with Gasteiger partial charge in [-0.05, 0) is 26.0 Å². The molecular weight excluding hydrogens is 256 g/mol. The number of hydrogen-bond acceptors (Lipinski definition) is 5. The summed E-state index contributed by atoms with van der Waals surface area (Å²) < 4.78 is 12.6. The lowest BCUT2D eigenvalue weighted by atomic mass is 10.2. The molecule has 2 aromatic heterocycles. The Kier molecular flexibility index (Phi) is 3.20. The molecule has 0 saturated carbocycles. The Hall–Kier alpha value is -2.63. The quantitative estimate of drug-likeness (QED) is 0.728. The summed E-state index contributed by atoms with van der Waals surface area (Å²) in [6, 6.07) is 7.67.